The Bertz CT molecular complexity index is 589. The van der Waals surface area contributed by atoms with Crippen LogP contribution in [-0.4, -0.2) is 11.0 Å². The average Bonchev–Trinajstić information content (AvgIpc) is 2.42. The minimum absolute atomic E-state index is 0.142. The van der Waals surface area contributed by atoms with Crippen LogP contribution in [0.4, 0.5) is 0 Å². The Kier molecular flexibility index (Phi) is 4.97. The average molecular weight is 284 g/mol. The van der Waals surface area contributed by atoms with Crippen molar-refractivity contribution in [3.63, 3.8) is 0 Å². The van der Waals surface area contributed by atoms with Crippen molar-refractivity contribution in [2.75, 3.05) is 0 Å². The molecule has 1 aromatic carbocycles. The van der Waals surface area contributed by atoms with Crippen LogP contribution in [0.3, 0.4) is 0 Å². The second-order valence-electron chi connectivity index (χ2n) is 5.97. The maximum absolute atomic E-state index is 5.92. The summed E-state index contributed by atoms with van der Waals surface area (Å²) in [6, 6.07) is 10.4. The van der Waals surface area contributed by atoms with Gasteiger partial charge in [0.15, 0.2) is 0 Å². The van der Waals surface area contributed by atoms with E-state index < -0.39 is 0 Å². The molecule has 21 heavy (non-hydrogen) atoms. The van der Waals surface area contributed by atoms with E-state index in [1.54, 1.807) is 0 Å². The van der Waals surface area contributed by atoms with Crippen LogP contribution in [0, 0.1) is 6.92 Å². The first-order valence-corrected chi connectivity index (χ1v) is 7.44. The Morgan fingerprint density at radius 3 is 2.48 bits per heavy atom. The number of hydrogen-bond acceptors (Lipinski definition) is 3. The van der Waals surface area contributed by atoms with E-state index >= 15 is 0 Å². The molecule has 2 rings (SSSR count). The normalized spacial score (nSPS) is 12.5. The summed E-state index contributed by atoms with van der Waals surface area (Å²) in [5.41, 5.74) is 9.30. The first kappa shape index (κ1) is 15.5. The maximum atomic E-state index is 5.92. The van der Waals surface area contributed by atoms with Gasteiger partial charge < -0.3 is 10.5 Å². The summed E-state index contributed by atoms with van der Waals surface area (Å²) in [4.78, 5) is 4.36. The third kappa shape index (κ3) is 4.30. The lowest BCUT2D eigenvalue weighted by atomic mass is 10.0. The smallest absolute Gasteiger partial charge is 0.219 e. The molecule has 0 radical (unpaired) electrons. The Balaban J connectivity index is 2.16. The molecule has 1 atom stereocenters. The van der Waals surface area contributed by atoms with Gasteiger partial charge in [0, 0.05) is 18.3 Å². The lowest BCUT2D eigenvalue weighted by molar-refractivity contribution is 0.458. The highest BCUT2D eigenvalue weighted by Crippen LogP contribution is 2.27. The molecule has 0 aliphatic heterocycles. The zero-order valence-corrected chi connectivity index (χ0v) is 13.3. The largest absolute Gasteiger partial charge is 0.439 e. The van der Waals surface area contributed by atoms with Crippen molar-refractivity contribution in [2.45, 2.75) is 46.1 Å². The number of rotatable bonds is 5. The van der Waals surface area contributed by atoms with Gasteiger partial charge in [0.2, 0.25) is 5.88 Å². The maximum Gasteiger partial charge on any atom is 0.219 e. The molecule has 1 heterocycles. The zero-order chi connectivity index (χ0) is 15.4. The second-order valence-corrected chi connectivity index (χ2v) is 5.97. The van der Waals surface area contributed by atoms with E-state index in [9.17, 15) is 0 Å². The number of pyridine rings is 1. The lowest BCUT2D eigenvalue weighted by Crippen LogP contribution is -2.17. The molecular weight excluding hydrogens is 260 g/mol. The number of nitrogens with zero attached hydrogens (tertiary/aromatic N) is 1. The fourth-order valence-corrected chi connectivity index (χ4v) is 2.16. The zero-order valence-electron chi connectivity index (χ0n) is 13.3. The molecule has 0 amide bonds. The number of nitrogens with two attached hydrogens (primary N) is 1. The van der Waals surface area contributed by atoms with Crippen molar-refractivity contribution in [2.24, 2.45) is 5.73 Å². The number of aromatic nitrogens is 1. The molecular formula is C18H24N2O. The number of ether oxygens (including phenoxy) is 1. The van der Waals surface area contributed by atoms with Crippen LogP contribution in [0.2, 0.25) is 0 Å². The topological polar surface area (TPSA) is 48.1 Å². The quantitative estimate of drug-likeness (QED) is 0.895. The van der Waals surface area contributed by atoms with E-state index in [0.29, 0.717) is 11.8 Å². The fourth-order valence-electron chi connectivity index (χ4n) is 2.16. The van der Waals surface area contributed by atoms with Gasteiger partial charge in [-0.05, 0) is 48.9 Å². The molecule has 0 fully saturated rings. The summed E-state index contributed by atoms with van der Waals surface area (Å²) >= 11 is 0. The monoisotopic (exact) mass is 284 g/mol. The molecule has 0 saturated heterocycles. The van der Waals surface area contributed by atoms with Gasteiger partial charge in [0.25, 0.3) is 0 Å². The summed E-state index contributed by atoms with van der Waals surface area (Å²) in [7, 11) is 0. The van der Waals surface area contributed by atoms with Gasteiger partial charge in [0.05, 0.1) is 0 Å². The van der Waals surface area contributed by atoms with E-state index in [0.717, 1.165) is 23.3 Å². The minimum Gasteiger partial charge on any atom is -0.439 e. The third-order valence-corrected chi connectivity index (χ3v) is 3.45. The van der Waals surface area contributed by atoms with Gasteiger partial charge >= 0.3 is 0 Å². The Morgan fingerprint density at radius 2 is 1.90 bits per heavy atom. The van der Waals surface area contributed by atoms with Gasteiger partial charge in [-0.15, -0.1) is 0 Å². The summed E-state index contributed by atoms with van der Waals surface area (Å²) in [6.45, 7) is 8.39. The van der Waals surface area contributed by atoms with Crippen molar-refractivity contribution in [1.82, 2.24) is 4.98 Å². The predicted molar refractivity (Wildman–Crippen MR) is 86.9 cm³/mol. The highest BCUT2D eigenvalue weighted by atomic mass is 16.5. The molecule has 0 bridgehead atoms. The fraction of sp³-hybridized carbons (Fsp3) is 0.389. The third-order valence-electron chi connectivity index (χ3n) is 3.45. The summed E-state index contributed by atoms with van der Waals surface area (Å²) < 4.78 is 5.92. The van der Waals surface area contributed by atoms with E-state index in [-0.39, 0.29) is 6.04 Å². The Labute approximate surface area is 127 Å². The molecule has 1 unspecified atom stereocenters. The highest BCUT2D eigenvalue weighted by molar-refractivity contribution is 5.40. The van der Waals surface area contributed by atoms with Crippen molar-refractivity contribution in [3.05, 3.63) is 53.2 Å². The van der Waals surface area contributed by atoms with Crippen molar-refractivity contribution in [1.29, 1.82) is 0 Å². The first-order chi connectivity index (χ1) is 9.95. The van der Waals surface area contributed by atoms with Gasteiger partial charge in [-0.3, -0.25) is 0 Å². The van der Waals surface area contributed by atoms with Gasteiger partial charge in [-0.1, -0.05) is 32.0 Å². The number of hydrogen-bond donors (Lipinski definition) is 1. The number of benzene rings is 1. The standard InChI is InChI=1S/C18H24N2O/c1-12(2)16-7-5-13(3)17(10-16)21-18-8-6-15(11-20-18)9-14(4)19/h5-8,10-12,14H,9,19H2,1-4H3. The van der Waals surface area contributed by atoms with Gasteiger partial charge in [-0.25, -0.2) is 4.98 Å². The van der Waals surface area contributed by atoms with E-state index in [1.807, 2.05) is 32.2 Å². The molecule has 0 spiro atoms. The van der Waals surface area contributed by atoms with E-state index in [4.69, 9.17) is 10.5 Å². The van der Waals surface area contributed by atoms with Crippen LogP contribution in [0.5, 0.6) is 11.6 Å². The lowest BCUT2D eigenvalue weighted by Gasteiger charge is -2.12. The van der Waals surface area contributed by atoms with Crippen LogP contribution >= 0.6 is 0 Å². The first-order valence-electron chi connectivity index (χ1n) is 7.44. The Hall–Kier alpha value is -1.87. The molecule has 2 aromatic rings. The highest BCUT2D eigenvalue weighted by Gasteiger charge is 2.07. The van der Waals surface area contributed by atoms with Crippen LogP contribution in [0.25, 0.3) is 0 Å². The molecule has 2 N–H and O–H groups in total. The molecule has 0 aliphatic rings. The minimum atomic E-state index is 0.142. The summed E-state index contributed by atoms with van der Waals surface area (Å²) in [6.07, 6.45) is 2.66. The van der Waals surface area contributed by atoms with Crippen molar-refractivity contribution >= 4 is 0 Å². The molecule has 3 nitrogen and oxygen atoms in total. The SMILES string of the molecule is Cc1ccc(C(C)C)cc1Oc1ccc(CC(C)N)cn1. The van der Waals surface area contributed by atoms with E-state index in [1.165, 1.54) is 5.56 Å². The summed E-state index contributed by atoms with van der Waals surface area (Å²) in [5.74, 6) is 1.97. The van der Waals surface area contributed by atoms with E-state index in [2.05, 4.69) is 37.0 Å². The molecule has 3 heteroatoms. The molecule has 0 saturated carbocycles. The number of aryl methyl sites for hydroxylation is 1. The van der Waals surface area contributed by atoms with Crippen LogP contribution < -0.4 is 10.5 Å². The predicted octanol–water partition coefficient (Wildman–Crippen LogP) is 4.20. The second kappa shape index (κ2) is 6.72. The van der Waals surface area contributed by atoms with Crippen molar-refractivity contribution in [3.8, 4) is 11.6 Å². The molecule has 1 aromatic heterocycles. The van der Waals surface area contributed by atoms with Crippen LogP contribution in [0.1, 0.15) is 43.4 Å². The van der Waals surface area contributed by atoms with Crippen LogP contribution in [-0.2, 0) is 6.42 Å². The van der Waals surface area contributed by atoms with Crippen LogP contribution in [0.15, 0.2) is 36.5 Å². The van der Waals surface area contributed by atoms with Crippen molar-refractivity contribution < 1.29 is 4.74 Å². The van der Waals surface area contributed by atoms with Gasteiger partial charge in [-0.2, -0.15) is 0 Å². The molecule has 0 aliphatic carbocycles. The Morgan fingerprint density at radius 1 is 1.14 bits per heavy atom. The summed E-state index contributed by atoms with van der Waals surface area (Å²) in [5, 5.41) is 0. The van der Waals surface area contributed by atoms with Gasteiger partial charge in [0.1, 0.15) is 5.75 Å². The molecule has 112 valence electrons.